The van der Waals surface area contributed by atoms with Gasteiger partial charge < -0.3 is 14.8 Å². The Morgan fingerprint density at radius 1 is 1.29 bits per heavy atom. The van der Waals surface area contributed by atoms with E-state index in [1.54, 1.807) is 0 Å². The molecule has 5 nitrogen and oxygen atoms in total. The molecule has 21 heavy (non-hydrogen) atoms. The van der Waals surface area contributed by atoms with Crippen LogP contribution in [0.1, 0.15) is 31.1 Å². The molecule has 0 bridgehead atoms. The van der Waals surface area contributed by atoms with Crippen LogP contribution in [0.4, 0.5) is 4.39 Å². The van der Waals surface area contributed by atoms with Crippen molar-refractivity contribution >= 4 is 11.9 Å². The van der Waals surface area contributed by atoms with Crippen molar-refractivity contribution in [2.75, 3.05) is 13.7 Å². The third-order valence-electron chi connectivity index (χ3n) is 3.11. The number of halogens is 1. The second kappa shape index (κ2) is 7.61. The molecule has 1 rings (SSSR count). The number of carbonyl (C=O) groups excluding carboxylic acids is 2. The molecule has 0 aliphatic heterocycles. The van der Waals surface area contributed by atoms with E-state index >= 15 is 0 Å². The number of nitrogens with one attached hydrogen (secondary N) is 1. The number of benzene rings is 1. The molecule has 116 valence electrons. The summed E-state index contributed by atoms with van der Waals surface area (Å²) in [4.78, 5) is 23.3. The number of methoxy groups -OCH3 is 1. The smallest absolute Gasteiger partial charge is 0.338 e. The van der Waals surface area contributed by atoms with Crippen molar-refractivity contribution < 1.29 is 23.5 Å². The van der Waals surface area contributed by atoms with E-state index < -0.39 is 24.3 Å². The number of carbonyl (C=O) groups is 2. The second-order valence-electron chi connectivity index (χ2n) is 5.03. The minimum Gasteiger partial charge on any atom is -0.494 e. The minimum absolute atomic E-state index is 0.0189. The Kier molecular flexibility index (Phi) is 6.14. The monoisotopic (exact) mass is 297 g/mol. The molecule has 0 aliphatic carbocycles. The Bertz CT molecular complexity index is 516. The van der Waals surface area contributed by atoms with Gasteiger partial charge in [0.25, 0.3) is 5.91 Å². The molecule has 6 heteroatoms. The standard InChI is InChI=1S/C15H20FNO4/c1-9(2)10(3)17-14(18)8-21-15(19)11-5-6-13(20-4)12(16)7-11/h5-7,9-10H,8H2,1-4H3,(H,17,18). The van der Waals surface area contributed by atoms with Crippen LogP contribution in [0, 0.1) is 11.7 Å². The van der Waals surface area contributed by atoms with Gasteiger partial charge in [-0.2, -0.15) is 0 Å². The lowest BCUT2D eigenvalue weighted by atomic mass is 10.1. The van der Waals surface area contributed by atoms with Crippen molar-refractivity contribution in [2.45, 2.75) is 26.8 Å². The van der Waals surface area contributed by atoms with Gasteiger partial charge in [0.05, 0.1) is 12.7 Å². The first-order valence-electron chi connectivity index (χ1n) is 6.65. The second-order valence-corrected chi connectivity index (χ2v) is 5.03. The number of ether oxygens (including phenoxy) is 2. The van der Waals surface area contributed by atoms with Crippen LogP contribution in [0.2, 0.25) is 0 Å². The highest BCUT2D eigenvalue weighted by molar-refractivity contribution is 5.91. The van der Waals surface area contributed by atoms with Gasteiger partial charge in [-0.15, -0.1) is 0 Å². The first kappa shape index (κ1) is 16.9. The van der Waals surface area contributed by atoms with Crippen molar-refractivity contribution in [3.05, 3.63) is 29.6 Å². The fourth-order valence-corrected chi connectivity index (χ4v) is 1.47. The first-order chi connectivity index (χ1) is 9.85. The van der Waals surface area contributed by atoms with E-state index in [-0.39, 0.29) is 23.3 Å². The third kappa shape index (κ3) is 5.06. The molecule has 0 aliphatic rings. The van der Waals surface area contributed by atoms with Crippen LogP contribution < -0.4 is 10.1 Å². The number of hydrogen-bond acceptors (Lipinski definition) is 4. The SMILES string of the molecule is COc1ccc(C(=O)OCC(=O)NC(C)C(C)C)cc1F. The maximum atomic E-state index is 13.5. The highest BCUT2D eigenvalue weighted by Gasteiger charge is 2.15. The molecule has 0 fully saturated rings. The summed E-state index contributed by atoms with van der Waals surface area (Å²) in [5, 5.41) is 2.71. The molecule has 0 spiro atoms. The predicted octanol–water partition coefficient (Wildman–Crippen LogP) is 2.15. The quantitative estimate of drug-likeness (QED) is 0.817. The van der Waals surface area contributed by atoms with Gasteiger partial charge >= 0.3 is 5.97 Å². The summed E-state index contributed by atoms with van der Waals surface area (Å²) in [6, 6.07) is 3.69. The minimum atomic E-state index is -0.760. The molecule has 1 atom stereocenters. The van der Waals surface area contributed by atoms with E-state index in [4.69, 9.17) is 9.47 Å². The van der Waals surface area contributed by atoms with Gasteiger partial charge in [-0.05, 0) is 31.0 Å². The summed E-state index contributed by atoms with van der Waals surface area (Å²) >= 11 is 0. The molecule has 1 aromatic carbocycles. The topological polar surface area (TPSA) is 64.6 Å². The number of esters is 1. The summed E-state index contributed by atoms with van der Waals surface area (Å²) in [6.45, 7) is 5.40. The Morgan fingerprint density at radius 3 is 2.48 bits per heavy atom. The molecule has 1 N–H and O–H groups in total. The maximum absolute atomic E-state index is 13.5. The van der Waals surface area contributed by atoms with Crippen molar-refractivity contribution in [1.82, 2.24) is 5.32 Å². The predicted molar refractivity (Wildman–Crippen MR) is 75.7 cm³/mol. The van der Waals surface area contributed by atoms with Crippen molar-refractivity contribution in [3.63, 3.8) is 0 Å². The molecule has 0 heterocycles. The van der Waals surface area contributed by atoms with Crippen LogP contribution in [0.15, 0.2) is 18.2 Å². The summed E-state index contributed by atoms with van der Waals surface area (Å²) in [7, 11) is 1.33. The molecular weight excluding hydrogens is 277 g/mol. The Morgan fingerprint density at radius 2 is 1.95 bits per heavy atom. The van der Waals surface area contributed by atoms with Crippen LogP contribution >= 0.6 is 0 Å². The normalized spacial score (nSPS) is 11.9. The number of rotatable bonds is 6. The van der Waals surface area contributed by atoms with Gasteiger partial charge in [-0.1, -0.05) is 13.8 Å². The van der Waals surface area contributed by atoms with Crippen molar-refractivity contribution in [1.29, 1.82) is 0 Å². The fraction of sp³-hybridized carbons (Fsp3) is 0.467. The van der Waals surface area contributed by atoms with Gasteiger partial charge in [0.1, 0.15) is 0 Å². The van der Waals surface area contributed by atoms with Crippen LogP contribution in [-0.2, 0) is 9.53 Å². The fourth-order valence-electron chi connectivity index (χ4n) is 1.47. The Hall–Kier alpha value is -2.11. The zero-order valence-corrected chi connectivity index (χ0v) is 12.6. The largest absolute Gasteiger partial charge is 0.494 e. The highest BCUT2D eigenvalue weighted by Crippen LogP contribution is 2.18. The van der Waals surface area contributed by atoms with Crippen LogP contribution in [0.5, 0.6) is 5.75 Å². The van der Waals surface area contributed by atoms with Gasteiger partial charge in [-0.25, -0.2) is 9.18 Å². The maximum Gasteiger partial charge on any atom is 0.338 e. The molecule has 1 aromatic rings. The number of amides is 1. The van der Waals surface area contributed by atoms with Crippen LogP contribution in [-0.4, -0.2) is 31.6 Å². The number of hydrogen-bond donors (Lipinski definition) is 1. The molecule has 0 aromatic heterocycles. The van der Waals surface area contributed by atoms with E-state index in [1.807, 2.05) is 20.8 Å². The summed E-state index contributed by atoms with van der Waals surface area (Å²) < 4.78 is 23.1. The lowest BCUT2D eigenvalue weighted by Crippen LogP contribution is -2.38. The van der Waals surface area contributed by atoms with Crippen LogP contribution in [0.3, 0.4) is 0 Å². The van der Waals surface area contributed by atoms with Gasteiger partial charge in [-0.3, -0.25) is 4.79 Å². The lowest BCUT2D eigenvalue weighted by molar-refractivity contribution is -0.125. The molecule has 0 saturated carbocycles. The average molecular weight is 297 g/mol. The Balaban J connectivity index is 2.54. The van der Waals surface area contributed by atoms with E-state index in [2.05, 4.69) is 5.32 Å². The van der Waals surface area contributed by atoms with E-state index in [0.717, 1.165) is 6.07 Å². The van der Waals surface area contributed by atoms with E-state index in [9.17, 15) is 14.0 Å². The Labute approximate surface area is 123 Å². The van der Waals surface area contributed by atoms with Crippen LogP contribution in [0.25, 0.3) is 0 Å². The summed E-state index contributed by atoms with van der Waals surface area (Å²) in [5.41, 5.74) is 0.0259. The summed E-state index contributed by atoms with van der Waals surface area (Å²) in [5.74, 6) is -1.50. The highest BCUT2D eigenvalue weighted by atomic mass is 19.1. The lowest BCUT2D eigenvalue weighted by Gasteiger charge is -2.17. The van der Waals surface area contributed by atoms with Crippen molar-refractivity contribution in [2.24, 2.45) is 5.92 Å². The van der Waals surface area contributed by atoms with Crippen molar-refractivity contribution in [3.8, 4) is 5.75 Å². The zero-order chi connectivity index (χ0) is 16.0. The molecule has 0 radical (unpaired) electrons. The first-order valence-corrected chi connectivity index (χ1v) is 6.65. The van der Waals surface area contributed by atoms with E-state index in [0.29, 0.717) is 0 Å². The van der Waals surface area contributed by atoms with E-state index in [1.165, 1.54) is 19.2 Å². The van der Waals surface area contributed by atoms with Gasteiger partial charge in [0, 0.05) is 6.04 Å². The molecule has 0 saturated heterocycles. The molecule has 1 unspecified atom stereocenters. The van der Waals surface area contributed by atoms with Gasteiger partial charge in [0.2, 0.25) is 0 Å². The molecule has 1 amide bonds. The third-order valence-corrected chi connectivity index (χ3v) is 3.11. The molecular formula is C15H20FNO4. The average Bonchev–Trinajstić information content (AvgIpc) is 2.44. The zero-order valence-electron chi connectivity index (χ0n) is 12.6. The summed E-state index contributed by atoms with van der Waals surface area (Å²) in [6.07, 6.45) is 0. The van der Waals surface area contributed by atoms with Gasteiger partial charge in [0.15, 0.2) is 18.2 Å².